The highest BCUT2D eigenvalue weighted by molar-refractivity contribution is 5.98. The Hall–Kier alpha value is -3.75. The summed E-state index contributed by atoms with van der Waals surface area (Å²) in [6, 6.07) is 12.7. The smallest absolute Gasteiger partial charge is 0.308 e. The molecule has 0 N–H and O–H groups in total. The van der Waals surface area contributed by atoms with Crippen LogP contribution in [-0.2, 0) is 14.3 Å². The van der Waals surface area contributed by atoms with Crippen molar-refractivity contribution in [3.63, 3.8) is 0 Å². The van der Waals surface area contributed by atoms with Gasteiger partial charge in [-0.1, -0.05) is 12.1 Å². The van der Waals surface area contributed by atoms with Crippen LogP contribution in [0.1, 0.15) is 25.3 Å². The van der Waals surface area contributed by atoms with Gasteiger partial charge in [-0.05, 0) is 43.3 Å². The number of ether oxygens (including phenoxy) is 2. The summed E-state index contributed by atoms with van der Waals surface area (Å²) in [5, 5.41) is 7.79. The van der Waals surface area contributed by atoms with Crippen LogP contribution in [0.5, 0.6) is 5.75 Å². The van der Waals surface area contributed by atoms with E-state index < -0.39 is 12.1 Å². The second-order valence-electron chi connectivity index (χ2n) is 6.64. The summed E-state index contributed by atoms with van der Waals surface area (Å²) in [6.07, 6.45) is -0.782. The lowest BCUT2D eigenvalue weighted by Gasteiger charge is -2.29. The van der Waals surface area contributed by atoms with Crippen LogP contribution in [0, 0.1) is 5.82 Å². The first-order valence-electron chi connectivity index (χ1n) is 9.32. The number of halogens is 1. The first kappa shape index (κ1) is 19.6. The molecule has 0 saturated heterocycles. The van der Waals surface area contributed by atoms with E-state index in [0.717, 1.165) is 0 Å². The molecule has 30 heavy (non-hydrogen) atoms. The number of hydrogen-bond donors (Lipinski definition) is 0. The number of aromatic nitrogens is 2. The first-order valence-corrected chi connectivity index (χ1v) is 9.32. The molecule has 1 aromatic heterocycles. The molecule has 0 bridgehead atoms. The molecule has 0 radical (unpaired) electrons. The highest BCUT2D eigenvalue weighted by atomic mass is 19.1. The van der Waals surface area contributed by atoms with E-state index >= 15 is 0 Å². The summed E-state index contributed by atoms with van der Waals surface area (Å²) in [4.78, 5) is 25.9. The van der Waals surface area contributed by atoms with Gasteiger partial charge in [0, 0.05) is 12.1 Å². The van der Waals surface area contributed by atoms with Crippen LogP contribution in [0.15, 0.2) is 52.9 Å². The Morgan fingerprint density at radius 1 is 1.20 bits per heavy atom. The quantitative estimate of drug-likeness (QED) is 0.575. The lowest BCUT2D eigenvalue weighted by molar-refractivity contribution is -0.149. The lowest BCUT2D eigenvalue weighted by Crippen LogP contribution is -2.40. The molecule has 4 rings (SSSR count). The summed E-state index contributed by atoms with van der Waals surface area (Å²) >= 11 is 0. The number of amides is 1. The highest BCUT2D eigenvalue weighted by Crippen LogP contribution is 2.31. The minimum atomic E-state index is -0.771. The van der Waals surface area contributed by atoms with Gasteiger partial charge in [-0.15, -0.1) is 10.2 Å². The van der Waals surface area contributed by atoms with Gasteiger partial charge in [-0.3, -0.25) is 9.59 Å². The monoisotopic (exact) mass is 411 g/mol. The largest absolute Gasteiger partial charge is 0.482 e. The van der Waals surface area contributed by atoms with Crippen molar-refractivity contribution >= 4 is 17.6 Å². The summed E-state index contributed by atoms with van der Waals surface area (Å²) in [5.41, 5.74) is 1.17. The number of benzene rings is 2. The fraction of sp³-hybridized carbons (Fsp3) is 0.238. The molecule has 9 heteroatoms. The van der Waals surface area contributed by atoms with Crippen LogP contribution in [-0.4, -0.2) is 35.2 Å². The standard InChI is InChI=1S/C21H18FN3O5/c1-13(20-23-24-21(30-20)14-6-8-15(22)9-7-14)29-19(27)10-11-25-16-4-2-3-5-17(16)28-12-18(25)26/h2-9,13H,10-12H2,1H3/t13-/m1/s1. The van der Waals surface area contributed by atoms with Crippen molar-refractivity contribution in [2.75, 3.05) is 18.1 Å². The van der Waals surface area contributed by atoms with E-state index in [0.29, 0.717) is 17.0 Å². The van der Waals surface area contributed by atoms with Gasteiger partial charge in [-0.2, -0.15) is 0 Å². The molecule has 2 heterocycles. The Bertz CT molecular complexity index is 1070. The van der Waals surface area contributed by atoms with Crippen molar-refractivity contribution in [1.29, 1.82) is 0 Å². The zero-order chi connectivity index (χ0) is 21.1. The van der Waals surface area contributed by atoms with Gasteiger partial charge in [0.25, 0.3) is 11.8 Å². The topological polar surface area (TPSA) is 94.8 Å². The Balaban J connectivity index is 1.36. The van der Waals surface area contributed by atoms with Crippen LogP contribution < -0.4 is 9.64 Å². The molecule has 0 spiro atoms. The maximum absolute atomic E-state index is 13.0. The predicted octanol–water partition coefficient (Wildman–Crippen LogP) is 3.30. The molecule has 0 saturated carbocycles. The SMILES string of the molecule is C[C@@H](OC(=O)CCN1C(=O)COc2ccccc21)c1nnc(-c2ccc(F)cc2)o1. The normalized spacial score (nSPS) is 14.1. The van der Waals surface area contributed by atoms with Gasteiger partial charge in [0.2, 0.25) is 5.89 Å². The molecule has 1 atom stereocenters. The van der Waals surface area contributed by atoms with E-state index in [1.165, 1.54) is 29.2 Å². The van der Waals surface area contributed by atoms with E-state index in [4.69, 9.17) is 13.9 Å². The van der Waals surface area contributed by atoms with Crippen LogP contribution in [0.4, 0.5) is 10.1 Å². The first-order chi connectivity index (χ1) is 14.5. The van der Waals surface area contributed by atoms with Crippen LogP contribution >= 0.6 is 0 Å². The van der Waals surface area contributed by atoms with Crippen LogP contribution in [0.3, 0.4) is 0 Å². The second-order valence-corrected chi connectivity index (χ2v) is 6.64. The second kappa shape index (κ2) is 8.32. The Morgan fingerprint density at radius 3 is 2.77 bits per heavy atom. The number of nitrogens with zero attached hydrogens (tertiary/aromatic N) is 3. The number of carbonyl (C=O) groups excluding carboxylic acids is 2. The maximum Gasteiger partial charge on any atom is 0.308 e. The molecule has 0 aliphatic carbocycles. The predicted molar refractivity (Wildman–Crippen MR) is 103 cm³/mol. The average Bonchev–Trinajstić information content (AvgIpc) is 3.24. The number of anilines is 1. The minimum absolute atomic E-state index is 0.0105. The van der Waals surface area contributed by atoms with E-state index in [-0.39, 0.29) is 43.1 Å². The fourth-order valence-electron chi connectivity index (χ4n) is 3.02. The van der Waals surface area contributed by atoms with Crippen molar-refractivity contribution in [3.8, 4) is 17.2 Å². The third-order valence-electron chi connectivity index (χ3n) is 4.54. The molecular weight excluding hydrogens is 393 g/mol. The molecular formula is C21H18FN3O5. The van der Waals surface area contributed by atoms with Gasteiger partial charge in [0.15, 0.2) is 12.7 Å². The fourth-order valence-corrected chi connectivity index (χ4v) is 3.02. The average molecular weight is 411 g/mol. The van der Waals surface area contributed by atoms with Crippen molar-refractivity contribution in [2.45, 2.75) is 19.4 Å². The zero-order valence-corrected chi connectivity index (χ0v) is 16.1. The molecule has 0 unspecified atom stereocenters. The van der Waals surface area contributed by atoms with Crippen LogP contribution in [0.2, 0.25) is 0 Å². The maximum atomic E-state index is 13.0. The minimum Gasteiger partial charge on any atom is -0.482 e. The van der Waals surface area contributed by atoms with Crippen molar-refractivity contribution < 1.29 is 27.9 Å². The number of fused-ring (bicyclic) bond motifs is 1. The third-order valence-corrected chi connectivity index (χ3v) is 4.54. The zero-order valence-electron chi connectivity index (χ0n) is 16.1. The van der Waals surface area contributed by atoms with Gasteiger partial charge < -0.3 is 18.8 Å². The Morgan fingerprint density at radius 2 is 1.97 bits per heavy atom. The molecule has 0 fully saturated rings. The third kappa shape index (κ3) is 4.14. The number of esters is 1. The van der Waals surface area contributed by atoms with Gasteiger partial charge >= 0.3 is 5.97 Å². The number of rotatable bonds is 6. The van der Waals surface area contributed by atoms with Crippen molar-refractivity contribution in [1.82, 2.24) is 10.2 Å². The highest BCUT2D eigenvalue weighted by Gasteiger charge is 2.26. The molecule has 2 aromatic carbocycles. The molecule has 154 valence electrons. The molecule has 1 amide bonds. The van der Waals surface area contributed by atoms with Gasteiger partial charge in [-0.25, -0.2) is 4.39 Å². The lowest BCUT2D eigenvalue weighted by atomic mass is 10.2. The van der Waals surface area contributed by atoms with E-state index in [9.17, 15) is 14.0 Å². The Labute approximate surface area is 171 Å². The van der Waals surface area contributed by atoms with Crippen molar-refractivity contribution in [3.05, 3.63) is 60.2 Å². The van der Waals surface area contributed by atoms with Gasteiger partial charge in [0.05, 0.1) is 12.1 Å². The summed E-state index contributed by atoms with van der Waals surface area (Å²) < 4.78 is 29.3. The summed E-state index contributed by atoms with van der Waals surface area (Å²) in [7, 11) is 0. The van der Waals surface area contributed by atoms with Crippen molar-refractivity contribution in [2.24, 2.45) is 0 Å². The number of para-hydroxylation sites is 2. The summed E-state index contributed by atoms with van der Waals surface area (Å²) in [6.45, 7) is 1.70. The molecule has 8 nitrogen and oxygen atoms in total. The Kier molecular flexibility index (Phi) is 5.42. The van der Waals surface area contributed by atoms with E-state index in [1.54, 1.807) is 25.1 Å². The number of carbonyl (C=O) groups is 2. The molecule has 3 aromatic rings. The van der Waals surface area contributed by atoms with Crippen LogP contribution in [0.25, 0.3) is 11.5 Å². The number of hydrogen-bond acceptors (Lipinski definition) is 7. The van der Waals surface area contributed by atoms with E-state index in [2.05, 4.69) is 10.2 Å². The molecule has 1 aliphatic heterocycles. The van der Waals surface area contributed by atoms with E-state index in [1.807, 2.05) is 6.07 Å². The van der Waals surface area contributed by atoms with Gasteiger partial charge in [0.1, 0.15) is 11.6 Å². The summed E-state index contributed by atoms with van der Waals surface area (Å²) in [5.74, 6) is -0.199. The molecule has 1 aliphatic rings.